The van der Waals surface area contributed by atoms with E-state index in [2.05, 4.69) is 9.97 Å². The van der Waals surface area contributed by atoms with Gasteiger partial charge in [-0.2, -0.15) is 13.2 Å². The maximum atomic E-state index is 13.8. The molecule has 1 amide bonds. The number of benzene rings is 2. The van der Waals surface area contributed by atoms with Gasteiger partial charge in [0, 0.05) is 31.6 Å². The van der Waals surface area contributed by atoms with Gasteiger partial charge < -0.3 is 14.6 Å². The molecule has 3 aromatic rings. The Hall–Kier alpha value is -3.41. The van der Waals surface area contributed by atoms with Crippen LogP contribution in [0.25, 0.3) is 0 Å². The maximum Gasteiger partial charge on any atom is 0.419 e. The van der Waals surface area contributed by atoms with Crippen molar-refractivity contribution in [1.29, 1.82) is 0 Å². The SMILES string of the molecule is CS(=O)(=O)c1nc(C(=O)N2CCc3cc(Oc4ccc(C(F)(F)F)c(F)c4)ccc3C2)c[nH]1. The second-order valence-electron chi connectivity index (χ2n) is 7.51. The normalized spacial score (nSPS) is 14.2. The van der Waals surface area contributed by atoms with Gasteiger partial charge in [-0.05, 0) is 41.8 Å². The fourth-order valence-corrected chi connectivity index (χ4v) is 3.99. The van der Waals surface area contributed by atoms with Crippen LogP contribution in [-0.2, 0) is 29.0 Å². The molecule has 0 aliphatic carbocycles. The number of alkyl halides is 3. The number of aromatic amines is 1. The molecule has 33 heavy (non-hydrogen) atoms. The largest absolute Gasteiger partial charge is 0.457 e. The van der Waals surface area contributed by atoms with E-state index in [-0.39, 0.29) is 23.1 Å². The summed E-state index contributed by atoms with van der Waals surface area (Å²) in [6.07, 6.45) is -2.10. The molecule has 0 atom stereocenters. The van der Waals surface area contributed by atoms with Gasteiger partial charge in [-0.3, -0.25) is 4.79 Å². The lowest BCUT2D eigenvalue weighted by atomic mass is 9.99. The van der Waals surface area contributed by atoms with Crippen LogP contribution in [-0.4, -0.2) is 42.0 Å². The van der Waals surface area contributed by atoms with Crippen molar-refractivity contribution in [3.05, 3.63) is 70.8 Å². The number of hydrogen-bond acceptors (Lipinski definition) is 5. The van der Waals surface area contributed by atoms with E-state index in [1.807, 2.05) is 0 Å². The van der Waals surface area contributed by atoms with Crippen molar-refractivity contribution >= 4 is 15.7 Å². The average Bonchev–Trinajstić information content (AvgIpc) is 3.23. The average molecular weight is 483 g/mol. The number of halogens is 4. The molecule has 12 heteroatoms. The highest BCUT2D eigenvalue weighted by Gasteiger charge is 2.34. The Balaban J connectivity index is 1.47. The molecule has 0 saturated carbocycles. The minimum atomic E-state index is -4.79. The molecular formula is C21H17F4N3O4S. The molecule has 1 N–H and O–H groups in total. The first-order valence-electron chi connectivity index (χ1n) is 9.63. The van der Waals surface area contributed by atoms with Gasteiger partial charge in [0.25, 0.3) is 5.91 Å². The van der Waals surface area contributed by atoms with E-state index in [0.717, 1.165) is 23.4 Å². The molecule has 1 aromatic heterocycles. The zero-order valence-corrected chi connectivity index (χ0v) is 17.9. The van der Waals surface area contributed by atoms with Crippen LogP contribution >= 0.6 is 0 Å². The van der Waals surface area contributed by atoms with E-state index < -0.39 is 33.3 Å². The first-order valence-corrected chi connectivity index (χ1v) is 11.5. The first-order chi connectivity index (χ1) is 15.4. The summed E-state index contributed by atoms with van der Waals surface area (Å²) in [6.45, 7) is 0.593. The molecule has 0 saturated heterocycles. The number of imidazole rings is 1. The lowest BCUT2D eigenvalue weighted by molar-refractivity contribution is -0.140. The van der Waals surface area contributed by atoms with Crippen LogP contribution in [0.2, 0.25) is 0 Å². The van der Waals surface area contributed by atoms with Crippen molar-refractivity contribution in [3.63, 3.8) is 0 Å². The zero-order chi connectivity index (χ0) is 24.0. The Labute approximate surface area is 185 Å². The topological polar surface area (TPSA) is 92.4 Å². The van der Waals surface area contributed by atoms with Gasteiger partial charge in [-0.1, -0.05) is 6.07 Å². The van der Waals surface area contributed by atoms with Gasteiger partial charge in [0.1, 0.15) is 23.0 Å². The number of ether oxygens (including phenoxy) is 1. The van der Waals surface area contributed by atoms with E-state index in [1.165, 1.54) is 11.1 Å². The molecule has 0 radical (unpaired) electrons. The van der Waals surface area contributed by atoms with Crippen LogP contribution in [0.1, 0.15) is 27.2 Å². The summed E-state index contributed by atoms with van der Waals surface area (Å²) in [5.41, 5.74) is 0.302. The summed E-state index contributed by atoms with van der Waals surface area (Å²) < 4.78 is 80.5. The highest BCUT2D eigenvalue weighted by Crippen LogP contribution is 2.34. The summed E-state index contributed by atoms with van der Waals surface area (Å²) in [5.74, 6) is -1.61. The van der Waals surface area contributed by atoms with Crippen molar-refractivity contribution in [2.24, 2.45) is 0 Å². The number of nitrogens with zero attached hydrogens (tertiary/aromatic N) is 2. The molecule has 2 heterocycles. The third-order valence-electron chi connectivity index (χ3n) is 5.08. The predicted molar refractivity (Wildman–Crippen MR) is 108 cm³/mol. The minimum Gasteiger partial charge on any atom is -0.457 e. The summed E-state index contributed by atoms with van der Waals surface area (Å²) in [4.78, 5) is 20.5. The molecule has 1 aliphatic heterocycles. The summed E-state index contributed by atoms with van der Waals surface area (Å²) in [6, 6.07) is 7.30. The number of hydrogen-bond donors (Lipinski definition) is 1. The van der Waals surface area contributed by atoms with E-state index in [9.17, 15) is 30.8 Å². The molecule has 2 aromatic carbocycles. The van der Waals surface area contributed by atoms with Crippen molar-refractivity contribution in [1.82, 2.24) is 14.9 Å². The third kappa shape index (κ3) is 4.85. The van der Waals surface area contributed by atoms with E-state index in [1.54, 1.807) is 18.2 Å². The lowest BCUT2D eigenvalue weighted by Crippen LogP contribution is -2.36. The van der Waals surface area contributed by atoms with Crippen LogP contribution in [0.5, 0.6) is 11.5 Å². The highest BCUT2D eigenvalue weighted by atomic mass is 32.2. The Bertz CT molecular complexity index is 1340. The van der Waals surface area contributed by atoms with Gasteiger partial charge >= 0.3 is 6.18 Å². The predicted octanol–water partition coefficient (Wildman–Crippen LogP) is 3.96. The highest BCUT2D eigenvalue weighted by molar-refractivity contribution is 7.90. The molecule has 0 bridgehead atoms. The Kier molecular flexibility index (Phi) is 5.64. The molecule has 174 valence electrons. The Morgan fingerprint density at radius 3 is 2.45 bits per heavy atom. The summed E-state index contributed by atoms with van der Waals surface area (Å²) >= 11 is 0. The second-order valence-corrected chi connectivity index (χ2v) is 9.44. The molecule has 1 aliphatic rings. The number of H-pyrrole nitrogens is 1. The van der Waals surface area contributed by atoms with E-state index >= 15 is 0 Å². The third-order valence-corrected chi connectivity index (χ3v) is 6.00. The van der Waals surface area contributed by atoms with E-state index in [0.29, 0.717) is 30.8 Å². The standard InChI is InChI=1S/C21H17F4N3O4S/c1-33(30,31)20-26-10-18(27-20)19(29)28-7-6-12-8-14(3-2-13(12)11-28)32-15-4-5-16(17(22)9-15)21(23,24)25/h2-5,8-10H,6-7,11H2,1H3,(H,26,27). The Morgan fingerprint density at radius 1 is 1.12 bits per heavy atom. The van der Waals surface area contributed by atoms with Crippen LogP contribution < -0.4 is 4.74 Å². The molecule has 0 unspecified atom stereocenters. The smallest absolute Gasteiger partial charge is 0.419 e. The molecular weight excluding hydrogens is 466 g/mol. The fraction of sp³-hybridized carbons (Fsp3) is 0.238. The van der Waals surface area contributed by atoms with Crippen molar-refractivity contribution in [2.75, 3.05) is 12.8 Å². The molecule has 7 nitrogen and oxygen atoms in total. The van der Waals surface area contributed by atoms with Crippen LogP contribution in [0, 0.1) is 5.82 Å². The number of aromatic nitrogens is 2. The van der Waals surface area contributed by atoms with Crippen LogP contribution in [0.4, 0.5) is 17.6 Å². The van der Waals surface area contributed by atoms with Gasteiger partial charge in [0.15, 0.2) is 0 Å². The number of nitrogens with one attached hydrogen (secondary N) is 1. The molecule has 4 rings (SSSR count). The lowest BCUT2D eigenvalue weighted by Gasteiger charge is -2.28. The van der Waals surface area contributed by atoms with Crippen molar-refractivity contribution in [3.8, 4) is 11.5 Å². The maximum absolute atomic E-state index is 13.8. The van der Waals surface area contributed by atoms with Gasteiger partial charge in [0.05, 0.1) is 5.56 Å². The second kappa shape index (κ2) is 8.18. The van der Waals surface area contributed by atoms with Crippen LogP contribution in [0.3, 0.4) is 0 Å². The number of fused-ring (bicyclic) bond motifs is 1. The van der Waals surface area contributed by atoms with Gasteiger partial charge in [-0.15, -0.1) is 0 Å². The minimum absolute atomic E-state index is 0.0110. The summed E-state index contributed by atoms with van der Waals surface area (Å²) in [7, 11) is -3.57. The fourth-order valence-electron chi connectivity index (χ4n) is 3.46. The van der Waals surface area contributed by atoms with Gasteiger partial charge in [-0.25, -0.2) is 17.8 Å². The number of rotatable bonds is 4. The van der Waals surface area contributed by atoms with Crippen molar-refractivity contribution < 1.29 is 35.5 Å². The van der Waals surface area contributed by atoms with E-state index in [4.69, 9.17) is 4.74 Å². The Morgan fingerprint density at radius 2 is 1.82 bits per heavy atom. The zero-order valence-electron chi connectivity index (χ0n) is 17.1. The van der Waals surface area contributed by atoms with Crippen LogP contribution in [0.15, 0.2) is 47.8 Å². The molecule has 0 spiro atoms. The number of sulfone groups is 1. The van der Waals surface area contributed by atoms with Crippen molar-refractivity contribution in [2.45, 2.75) is 24.3 Å². The summed E-state index contributed by atoms with van der Waals surface area (Å²) in [5, 5.41) is -0.287. The quantitative estimate of drug-likeness (QED) is 0.567. The number of carbonyl (C=O) groups excluding carboxylic acids is 1. The molecule has 0 fully saturated rings. The number of amides is 1. The first kappa shape index (κ1) is 22.8. The monoisotopic (exact) mass is 483 g/mol. The van der Waals surface area contributed by atoms with Gasteiger partial charge in [0.2, 0.25) is 15.0 Å². The number of carbonyl (C=O) groups is 1.